The van der Waals surface area contributed by atoms with Crippen molar-refractivity contribution < 1.29 is 4.79 Å². The predicted molar refractivity (Wildman–Crippen MR) is 97.5 cm³/mol. The number of nitrogens with zero attached hydrogens (tertiary/aromatic N) is 3. The first kappa shape index (κ1) is 17.4. The first-order chi connectivity index (χ1) is 12.1. The quantitative estimate of drug-likeness (QED) is 0.840. The first-order valence-corrected chi connectivity index (χ1v) is 8.99. The second-order valence-electron chi connectivity index (χ2n) is 6.72. The van der Waals surface area contributed by atoms with Crippen molar-refractivity contribution in [2.24, 2.45) is 0 Å². The summed E-state index contributed by atoms with van der Waals surface area (Å²) in [5.41, 5.74) is 3.23. The van der Waals surface area contributed by atoms with Gasteiger partial charge in [-0.3, -0.25) is 9.59 Å². The van der Waals surface area contributed by atoms with Crippen molar-refractivity contribution in [2.75, 3.05) is 6.54 Å². The molecule has 3 rings (SSSR count). The lowest BCUT2D eigenvalue weighted by atomic mass is 9.87. The van der Waals surface area contributed by atoms with Crippen molar-refractivity contribution in [2.45, 2.75) is 52.1 Å². The molecule has 0 radical (unpaired) electrons. The Morgan fingerprint density at radius 1 is 1.24 bits per heavy atom. The molecule has 1 heterocycles. The van der Waals surface area contributed by atoms with Crippen molar-refractivity contribution in [1.29, 1.82) is 0 Å². The Bertz CT molecular complexity index is 813. The van der Waals surface area contributed by atoms with Crippen LogP contribution >= 0.6 is 0 Å². The fourth-order valence-corrected chi connectivity index (χ4v) is 3.58. The van der Waals surface area contributed by atoms with Crippen LogP contribution in [0.5, 0.6) is 0 Å². The van der Waals surface area contributed by atoms with Gasteiger partial charge in [-0.15, -0.1) is 0 Å². The normalized spacial score (nSPS) is 16.3. The highest BCUT2D eigenvalue weighted by Crippen LogP contribution is 2.24. The molecule has 0 fully saturated rings. The van der Waals surface area contributed by atoms with Gasteiger partial charge in [0.2, 0.25) is 5.91 Å². The zero-order chi connectivity index (χ0) is 17.8. The van der Waals surface area contributed by atoms with Gasteiger partial charge in [0.25, 0.3) is 5.56 Å². The van der Waals surface area contributed by atoms with E-state index < -0.39 is 0 Å². The van der Waals surface area contributed by atoms with Crippen LogP contribution in [0, 0.1) is 6.92 Å². The van der Waals surface area contributed by atoms with Crippen molar-refractivity contribution >= 4 is 5.91 Å². The number of carbonyl (C=O) groups is 1. The fraction of sp³-hybridized carbons (Fsp3) is 0.450. The molecule has 0 unspecified atom stereocenters. The molecule has 1 atom stereocenters. The van der Waals surface area contributed by atoms with Crippen LogP contribution in [0.1, 0.15) is 36.6 Å². The summed E-state index contributed by atoms with van der Waals surface area (Å²) in [6.07, 6.45) is 3.76. The minimum Gasteiger partial charge on any atom is -0.338 e. The molecule has 0 saturated carbocycles. The summed E-state index contributed by atoms with van der Waals surface area (Å²) in [5, 5.41) is 4.19. The van der Waals surface area contributed by atoms with Gasteiger partial charge in [-0.2, -0.15) is 5.10 Å². The molecule has 5 heteroatoms. The van der Waals surface area contributed by atoms with Gasteiger partial charge in [0, 0.05) is 18.7 Å². The van der Waals surface area contributed by atoms with Gasteiger partial charge in [0.15, 0.2) is 0 Å². The molecule has 132 valence electrons. The molecule has 0 spiro atoms. The number of hydrogen-bond acceptors (Lipinski definition) is 3. The van der Waals surface area contributed by atoms with E-state index in [1.165, 1.54) is 21.9 Å². The maximum absolute atomic E-state index is 12.9. The van der Waals surface area contributed by atoms with Crippen molar-refractivity contribution in [3.05, 3.63) is 63.6 Å². The summed E-state index contributed by atoms with van der Waals surface area (Å²) in [6.45, 7) is 4.63. The van der Waals surface area contributed by atoms with E-state index in [1.807, 2.05) is 11.8 Å². The van der Waals surface area contributed by atoms with Crippen LogP contribution in [0.25, 0.3) is 0 Å². The second-order valence-corrected chi connectivity index (χ2v) is 6.72. The zero-order valence-corrected chi connectivity index (χ0v) is 14.9. The minimum atomic E-state index is -0.232. The summed E-state index contributed by atoms with van der Waals surface area (Å²) in [7, 11) is 0. The number of aryl methyl sites for hydroxylation is 2. The number of amides is 1. The summed E-state index contributed by atoms with van der Waals surface area (Å²) in [6, 6.07) is 11.8. The molecule has 0 saturated heterocycles. The van der Waals surface area contributed by atoms with Gasteiger partial charge in [0.1, 0.15) is 6.54 Å². The SMILES string of the molecule is CCCN(C(=O)Cn1nc(C)ccc1=O)[C@@H]1CCc2ccccc2C1. The Kier molecular flexibility index (Phi) is 5.31. The molecule has 0 aliphatic heterocycles. The summed E-state index contributed by atoms with van der Waals surface area (Å²) < 4.78 is 1.27. The predicted octanol–water partition coefficient (Wildman–Crippen LogP) is 2.35. The van der Waals surface area contributed by atoms with Crippen LogP contribution in [0.15, 0.2) is 41.2 Å². The number of carbonyl (C=O) groups excluding carboxylic acids is 1. The second kappa shape index (κ2) is 7.64. The number of fused-ring (bicyclic) bond motifs is 1. The molecule has 1 aliphatic carbocycles. The Morgan fingerprint density at radius 2 is 2.00 bits per heavy atom. The molecular weight excluding hydrogens is 314 g/mol. The standard InChI is InChI=1S/C20H25N3O2/c1-3-12-22(18-10-9-16-6-4-5-7-17(16)13-18)20(25)14-23-19(24)11-8-15(2)21-23/h4-8,11,18H,3,9-10,12-14H2,1-2H3/t18-/m1/s1. The molecule has 2 aromatic rings. The van der Waals surface area contributed by atoms with Gasteiger partial charge in [-0.05, 0) is 49.8 Å². The highest BCUT2D eigenvalue weighted by atomic mass is 16.2. The molecular formula is C20H25N3O2. The molecule has 0 bridgehead atoms. The number of rotatable bonds is 5. The van der Waals surface area contributed by atoms with E-state index in [0.717, 1.165) is 31.4 Å². The van der Waals surface area contributed by atoms with E-state index in [0.29, 0.717) is 6.54 Å². The monoisotopic (exact) mass is 339 g/mol. The van der Waals surface area contributed by atoms with Gasteiger partial charge in [-0.25, -0.2) is 4.68 Å². The largest absolute Gasteiger partial charge is 0.338 e. The average molecular weight is 339 g/mol. The van der Waals surface area contributed by atoms with E-state index >= 15 is 0 Å². The molecule has 1 aromatic heterocycles. The molecule has 0 N–H and O–H groups in total. The third-order valence-corrected chi connectivity index (χ3v) is 4.83. The van der Waals surface area contributed by atoms with Crippen LogP contribution < -0.4 is 5.56 Å². The van der Waals surface area contributed by atoms with Gasteiger partial charge in [0.05, 0.1) is 5.69 Å². The third kappa shape index (κ3) is 3.98. The van der Waals surface area contributed by atoms with Crippen LogP contribution in [0.3, 0.4) is 0 Å². The van der Waals surface area contributed by atoms with E-state index in [9.17, 15) is 9.59 Å². The van der Waals surface area contributed by atoms with Crippen LogP contribution in [-0.4, -0.2) is 33.2 Å². The Labute approximate surface area is 148 Å². The maximum Gasteiger partial charge on any atom is 0.267 e. The number of benzene rings is 1. The molecule has 25 heavy (non-hydrogen) atoms. The maximum atomic E-state index is 12.9. The highest BCUT2D eigenvalue weighted by molar-refractivity contribution is 5.76. The Hall–Kier alpha value is -2.43. The summed E-state index contributed by atoms with van der Waals surface area (Å²) in [4.78, 5) is 26.8. The minimum absolute atomic E-state index is 0.0126. The van der Waals surface area contributed by atoms with Crippen LogP contribution in [0.4, 0.5) is 0 Å². The smallest absolute Gasteiger partial charge is 0.267 e. The highest BCUT2D eigenvalue weighted by Gasteiger charge is 2.27. The fourth-order valence-electron chi connectivity index (χ4n) is 3.58. The van der Waals surface area contributed by atoms with Gasteiger partial charge < -0.3 is 4.90 Å². The molecule has 1 amide bonds. The Balaban J connectivity index is 1.78. The third-order valence-electron chi connectivity index (χ3n) is 4.83. The molecule has 5 nitrogen and oxygen atoms in total. The lowest BCUT2D eigenvalue weighted by Gasteiger charge is -2.35. The van der Waals surface area contributed by atoms with Crippen molar-refractivity contribution in [1.82, 2.24) is 14.7 Å². The molecule has 1 aromatic carbocycles. The van der Waals surface area contributed by atoms with Crippen LogP contribution in [0.2, 0.25) is 0 Å². The number of aromatic nitrogens is 2. The van der Waals surface area contributed by atoms with Crippen molar-refractivity contribution in [3.63, 3.8) is 0 Å². The number of hydrogen-bond donors (Lipinski definition) is 0. The topological polar surface area (TPSA) is 55.2 Å². The Morgan fingerprint density at radius 3 is 2.76 bits per heavy atom. The lowest BCUT2D eigenvalue weighted by Crippen LogP contribution is -2.46. The van der Waals surface area contributed by atoms with Crippen molar-refractivity contribution in [3.8, 4) is 0 Å². The van der Waals surface area contributed by atoms with E-state index in [1.54, 1.807) is 6.07 Å². The summed E-state index contributed by atoms with van der Waals surface area (Å²) >= 11 is 0. The molecule has 1 aliphatic rings. The van der Waals surface area contributed by atoms with Gasteiger partial charge >= 0.3 is 0 Å². The van der Waals surface area contributed by atoms with Gasteiger partial charge in [-0.1, -0.05) is 31.2 Å². The van der Waals surface area contributed by atoms with E-state index in [4.69, 9.17) is 0 Å². The zero-order valence-electron chi connectivity index (χ0n) is 14.9. The first-order valence-electron chi connectivity index (χ1n) is 8.99. The average Bonchev–Trinajstić information content (AvgIpc) is 2.62. The van der Waals surface area contributed by atoms with E-state index in [-0.39, 0.29) is 24.1 Å². The van der Waals surface area contributed by atoms with Crippen LogP contribution in [-0.2, 0) is 24.2 Å². The van der Waals surface area contributed by atoms with E-state index in [2.05, 4.69) is 36.3 Å². The lowest BCUT2D eigenvalue weighted by molar-refractivity contribution is -0.134. The summed E-state index contributed by atoms with van der Waals surface area (Å²) in [5.74, 6) is -0.0218.